The first-order valence-corrected chi connectivity index (χ1v) is 5.92. The van der Waals surface area contributed by atoms with E-state index in [0.29, 0.717) is 0 Å². The summed E-state index contributed by atoms with van der Waals surface area (Å²) in [5.41, 5.74) is 9.29. The van der Waals surface area contributed by atoms with E-state index in [0.717, 1.165) is 17.9 Å². The van der Waals surface area contributed by atoms with Gasteiger partial charge in [0.1, 0.15) is 5.82 Å². The topological polar surface area (TPSA) is 43.8 Å². The molecule has 0 fully saturated rings. The molecule has 3 nitrogen and oxygen atoms in total. The number of aryl methyl sites for hydroxylation is 1. The maximum Gasteiger partial charge on any atom is 0.110 e. The molecule has 0 saturated carbocycles. The molecule has 2 N–H and O–H groups in total. The Hall–Kier alpha value is -1.61. The molecule has 0 aliphatic heterocycles. The van der Waals surface area contributed by atoms with E-state index in [1.807, 2.05) is 32.0 Å². The van der Waals surface area contributed by atoms with Crippen LogP contribution in [0.1, 0.15) is 18.4 Å². The Balaban J connectivity index is 2.45. The Morgan fingerprint density at radius 1 is 1.29 bits per heavy atom. The highest BCUT2D eigenvalue weighted by Gasteiger charge is 2.13. The fraction of sp³-hybridized carbons (Fsp3) is 0.357. The molecule has 0 amide bonds. The summed E-state index contributed by atoms with van der Waals surface area (Å²) in [5, 5.41) is 0. The van der Waals surface area contributed by atoms with Crippen LogP contribution in [0.5, 0.6) is 0 Å². The van der Waals surface area contributed by atoms with E-state index >= 15 is 0 Å². The van der Waals surface area contributed by atoms with Gasteiger partial charge in [-0.1, -0.05) is 30.3 Å². The van der Waals surface area contributed by atoms with Gasteiger partial charge in [0.05, 0.1) is 11.4 Å². The number of rotatable bonds is 3. The van der Waals surface area contributed by atoms with Gasteiger partial charge in [0.2, 0.25) is 0 Å². The summed E-state index contributed by atoms with van der Waals surface area (Å²) in [7, 11) is 2.06. The summed E-state index contributed by atoms with van der Waals surface area (Å²) < 4.78 is 2.15. The molecule has 3 heteroatoms. The third-order valence-electron chi connectivity index (χ3n) is 2.91. The zero-order valence-corrected chi connectivity index (χ0v) is 10.6. The number of aromatic nitrogens is 2. The van der Waals surface area contributed by atoms with Gasteiger partial charge >= 0.3 is 0 Å². The van der Waals surface area contributed by atoms with E-state index in [1.165, 1.54) is 11.3 Å². The minimum atomic E-state index is 0.138. The third-order valence-corrected chi connectivity index (χ3v) is 2.91. The highest BCUT2D eigenvalue weighted by Crippen LogP contribution is 2.23. The summed E-state index contributed by atoms with van der Waals surface area (Å²) >= 11 is 0. The molecule has 2 aromatic rings. The van der Waals surface area contributed by atoms with Crippen molar-refractivity contribution in [2.75, 3.05) is 0 Å². The van der Waals surface area contributed by atoms with Gasteiger partial charge < -0.3 is 10.3 Å². The molecule has 0 aliphatic rings. The van der Waals surface area contributed by atoms with Crippen LogP contribution in [0.15, 0.2) is 30.3 Å². The van der Waals surface area contributed by atoms with Crippen molar-refractivity contribution in [3.8, 4) is 11.3 Å². The van der Waals surface area contributed by atoms with E-state index in [9.17, 15) is 0 Å². The van der Waals surface area contributed by atoms with Crippen molar-refractivity contribution in [1.29, 1.82) is 0 Å². The van der Waals surface area contributed by atoms with Crippen molar-refractivity contribution >= 4 is 0 Å². The lowest BCUT2D eigenvalue weighted by molar-refractivity contribution is 0.673. The molecule has 0 saturated heterocycles. The molecule has 1 heterocycles. The van der Waals surface area contributed by atoms with Gasteiger partial charge in [-0.2, -0.15) is 0 Å². The molecule has 90 valence electrons. The molecule has 1 aromatic heterocycles. The third kappa shape index (κ3) is 2.39. The Kier molecular flexibility index (Phi) is 3.29. The fourth-order valence-electron chi connectivity index (χ4n) is 2.16. The first-order chi connectivity index (χ1) is 8.09. The molecule has 1 aromatic carbocycles. The lowest BCUT2D eigenvalue weighted by Crippen LogP contribution is -2.20. The maximum absolute atomic E-state index is 5.84. The quantitative estimate of drug-likeness (QED) is 0.877. The van der Waals surface area contributed by atoms with Crippen LogP contribution in [-0.2, 0) is 13.5 Å². The zero-order chi connectivity index (χ0) is 12.4. The molecular weight excluding hydrogens is 210 g/mol. The normalized spacial score (nSPS) is 12.7. The van der Waals surface area contributed by atoms with E-state index in [-0.39, 0.29) is 6.04 Å². The highest BCUT2D eigenvalue weighted by atomic mass is 15.1. The molecule has 2 rings (SSSR count). The van der Waals surface area contributed by atoms with Crippen LogP contribution in [-0.4, -0.2) is 15.6 Å². The van der Waals surface area contributed by atoms with Gasteiger partial charge in [-0.05, 0) is 13.8 Å². The molecular formula is C14H19N3. The molecule has 1 unspecified atom stereocenters. The predicted molar refractivity (Wildman–Crippen MR) is 70.7 cm³/mol. The number of benzene rings is 1. The Morgan fingerprint density at radius 3 is 2.53 bits per heavy atom. The molecule has 1 atom stereocenters. The number of nitrogens with two attached hydrogens (primary N) is 1. The number of nitrogens with zero attached hydrogens (tertiary/aromatic N) is 2. The van der Waals surface area contributed by atoms with Crippen LogP contribution in [0.25, 0.3) is 11.3 Å². The second-order valence-corrected chi connectivity index (χ2v) is 4.57. The summed E-state index contributed by atoms with van der Waals surface area (Å²) in [5.74, 6) is 1.05. The first-order valence-electron chi connectivity index (χ1n) is 5.92. The first kappa shape index (κ1) is 11.9. The smallest absolute Gasteiger partial charge is 0.110 e. The van der Waals surface area contributed by atoms with Gasteiger partial charge in [-0.25, -0.2) is 4.98 Å². The van der Waals surface area contributed by atoms with Gasteiger partial charge in [-0.3, -0.25) is 0 Å². The monoisotopic (exact) mass is 229 g/mol. The van der Waals surface area contributed by atoms with Crippen molar-refractivity contribution in [2.24, 2.45) is 12.8 Å². The van der Waals surface area contributed by atoms with E-state index in [1.54, 1.807) is 0 Å². The average molecular weight is 229 g/mol. The second kappa shape index (κ2) is 4.72. The van der Waals surface area contributed by atoms with Gasteiger partial charge in [0, 0.05) is 25.1 Å². The maximum atomic E-state index is 5.84. The van der Waals surface area contributed by atoms with Crippen LogP contribution >= 0.6 is 0 Å². The standard InChI is InChI=1S/C14H19N3/c1-10(15)9-13-16-11(2)14(17(13)3)12-7-5-4-6-8-12/h4-8,10H,9,15H2,1-3H3. The predicted octanol–water partition coefficient (Wildman–Crippen LogP) is 2.29. The SMILES string of the molecule is Cc1nc(CC(C)N)n(C)c1-c1ccccc1. The molecule has 17 heavy (non-hydrogen) atoms. The average Bonchev–Trinajstić information content (AvgIpc) is 2.54. The lowest BCUT2D eigenvalue weighted by Gasteiger charge is -2.08. The summed E-state index contributed by atoms with van der Waals surface area (Å²) in [4.78, 5) is 4.61. The second-order valence-electron chi connectivity index (χ2n) is 4.57. The van der Waals surface area contributed by atoms with Crippen molar-refractivity contribution in [3.63, 3.8) is 0 Å². The minimum absolute atomic E-state index is 0.138. The van der Waals surface area contributed by atoms with Crippen molar-refractivity contribution in [1.82, 2.24) is 9.55 Å². The van der Waals surface area contributed by atoms with E-state index in [2.05, 4.69) is 28.7 Å². The van der Waals surface area contributed by atoms with Crippen LogP contribution in [0.2, 0.25) is 0 Å². The van der Waals surface area contributed by atoms with Crippen LogP contribution in [0.3, 0.4) is 0 Å². The van der Waals surface area contributed by atoms with Crippen molar-refractivity contribution < 1.29 is 0 Å². The number of hydrogen-bond acceptors (Lipinski definition) is 2. The number of hydrogen-bond donors (Lipinski definition) is 1. The molecule has 0 radical (unpaired) electrons. The van der Waals surface area contributed by atoms with Gasteiger partial charge in [0.25, 0.3) is 0 Å². The fourth-order valence-corrected chi connectivity index (χ4v) is 2.16. The van der Waals surface area contributed by atoms with Gasteiger partial charge in [0.15, 0.2) is 0 Å². The van der Waals surface area contributed by atoms with E-state index < -0.39 is 0 Å². The van der Waals surface area contributed by atoms with Crippen molar-refractivity contribution in [2.45, 2.75) is 26.3 Å². The number of imidazole rings is 1. The summed E-state index contributed by atoms with van der Waals surface area (Å²) in [6, 6.07) is 10.5. The van der Waals surface area contributed by atoms with Crippen LogP contribution in [0.4, 0.5) is 0 Å². The lowest BCUT2D eigenvalue weighted by atomic mass is 10.1. The Bertz CT molecular complexity index is 498. The summed E-state index contributed by atoms with van der Waals surface area (Å²) in [6.07, 6.45) is 0.810. The summed E-state index contributed by atoms with van der Waals surface area (Å²) in [6.45, 7) is 4.05. The van der Waals surface area contributed by atoms with E-state index in [4.69, 9.17) is 5.73 Å². The molecule has 0 aliphatic carbocycles. The Labute approximate surface area is 102 Å². The molecule has 0 spiro atoms. The highest BCUT2D eigenvalue weighted by molar-refractivity contribution is 5.62. The Morgan fingerprint density at radius 2 is 1.94 bits per heavy atom. The zero-order valence-electron chi connectivity index (χ0n) is 10.6. The van der Waals surface area contributed by atoms with Gasteiger partial charge in [-0.15, -0.1) is 0 Å². The van der Waals surface area contributed by atoms with Crippen LogP contribution < -0.4 is 5.73 Å². The van der Waals surface area contributed by atoms with Crippen molar-refractivity contribution in [3.05, 3.63) is 41.9 Å². The minimum Gasteiger partial charge on any atom is -0.331 e. The molecule has 0 bridgehead atoms. The van der Waals surface area contributed by atoms with Crippen LogP contribution in [0, 0.1) is 6.92 Å². The largest absolute Gasteiger partial charge is 0.331 e.